The summed E-state index contributed by atoms with van der Waals surface area (Å²) < 4.78 is 46.3. The third kappa shape index (κ3) is 6.23. The van der Waals surface area contributed by atoms with Gasteiger partial charge in [0.25, 0.3) is 5.91 Å². The molecule has 198 valence electrons. The van der Waals surface area contributed by atoms with Gasteiger partial charge in [-0.25, -0.2) is 0 Å². The lowest BCUT2D eigenvalue weighted by Crippen LogP contribution is -2.23. The molecule has 0 aliphatic carbocycles. The van der Waals surface area contributed by atoms with Crippen molar-refractivity contribution in [2.45, 2.75) is 30.6 Å². The van der Waals surface area contributed by atoms with Crippen LogP contribution in [0.4, 0.5) is 13.2 Å². The van der Waals surface area contributed by atoms with Crippen molar-refractivity contribution >= 4 is 17.7 Å². The van der Waals surface area contributed by atoms with E-state index in [1.807, 2.05) is 54.0 Å². The number of nitrogens with zero attached hydrogens (tertiary/aromatic N) is 3. The van der Waals surface area contributed by atoms with Crippen LogP contribution in [0.2, 0.25) is 0 Å². The fourth-order valence-corrected chi connectivity index (χ4v) is 4.81. The maximum atomic E-state index is 12.9. The van der Waals surface area contributed by atoms with Crippen LogP contribution in [0.15, 0.2) is 101 Å². The molecular formula is C29H23F3N4O2S. The number of thioether (sulfide) groups is 1. The van der Waals surface area contributed by atoms with E-state index in [1.165, 1.54) is 17.8 Å². The molecule has 2 aromatic heterocycles. The van der Waals surface area contributed by atoms with Gasteiger partial charge in [-0.15, -0.1) is 10.2 Å². The van der Waals surface area contributed by atoms with Gasteiger partial charge in [-0.1, -0.05) is 53.7 Å². The Labute approximate surface area is 226 Å². The number of aromatic nitrogens is 3. The molecule has 0 unspecified atom stereocenters. The first-order valence-corrected chi connectivity index (χ1v) is 13.0. The summed E-state index contributed by atoms with van der Waals surface area (Å²) in [6, 6.07) is 23.6. The number of benzene rings is 3. The summed E-state index contributed by atoms with van der Waals surface area (Å²) in [4.78, 5) is 12.6. The van der Waals surface area contributed by atoms with Gasteiger partial charge >= 0.3 is 6.18 Å². The van der Waals surface area contributed by atoms with Gasteiger partial charge in [0.05, 0.1) is 11.8 Å². The average molecular weight is 549 g/mol. The minimum Gasteiger partial charge on any atom is -0.461 e. The lowest BCUT2D eigenvalue weighted by atomic mass is 10.1. The maximum absolute atomic E-state index is 12.9. The van der Waals surface area contributed by atoms with Crippen LogP contribution in [-0.4, -0.2) is 20.7 Å². The van der Waals surface area contributed by atoms with Crippen molar-refractivity contribution in [1.29, 1.82) is 0 Å². The zero-order valence-corrected chi connectivity index (χ0v) is 21.6. The average Bonchev–Trinajstić information content (AvgIpc) is 3.61. The van der Waals surface area contributed by atoms with Crippen molar-refractivity contribution in [2.75, 3.05) is 0 Å². The second kappa shape index (κ2) is 11.2. The molecule has 0 aliphatic heterocycles. The Balaban J connectivity index is 1.25. The van der Waals surface area contributed by atoms with Gasteiger partial charge in [-0.2, -0.15) is 13.2 Å². The van der Waals surface area contributed by atoms with Crippen molar-refractivity contribution in [3.63, 3.8) is 0 Å². The smallest absolute Gasteiger partial charge is 0.416 e. The maximum Gasteiger partial charge on any atom is 0.416 e. The molecule has 0 radical (unpaired) electrons. The second-order valence-corrected chi connectivity index (χ2v) is 9.76. The quantitative estimate of drug-likeness (QED) is 0.210. The summed E-state index contributed by atoms with van der Waals surface area (Å²) >= 11 is 1.50. The highest BCUT2D eigenvalue weighted by Crippen LogP contribution is 2.31. The van der Waals surface area contributed by atoms with E-state index in [-0.39, 0.29) is 12.5 Å². The van der Waals surface area contributed by atoms with Crippen LogP contribution in [-0.2, 0) is 18.5 Å². The Morgan fingerprint density at radius 2 is 1.72 bits per heavy atom. The number of halogens is 3. The molecule has 39 heavy (non-hydrogen) atoms. The number of nitrogens with one attached hydrogen (secondary N) is 1. The van der Waals surface area contributed by atoms with Crippen molar-refractivity contribution in [1.82, 2.24) is 20.1 Å². The number of hydrogen-bond acceptors (Lipinski definition) is 5. The van der Waals surface area contributed by atoms with Crippen LogP contribution in [0.25, 0.3) is 17.3 Å². The predicted octanol–water partition coefficient (Wildman–Crippen LogP) is 7.08. The van der Waals surface area contributed by atoms with E-state index in [0.717, 1.165) is 28.9 Å². The Morgan fingerprint density at radius 3 is 2.41 bits per heavy atom. The minimum atomic E-state index is -4.43. The zero-order chi connectivity index (χ0) is 27.4. The number of alkyl halides is 3. The Kier molecular flexibility index (Phi) is 7.56. The number of carbonyl (C=O) groups is 1. The molecule has 0 bridgehead atoms. The van der Waals surface area contributed by atoms with Gasteiger partial charge in [0, 0.05) is 23.5 Å². The molecule has 1 amide bonds. The lowest BCUT2D eigenvalue weighted by Gasteiger charge is -2.10. The molecule has 5 rings (SSSR count). The molecule has 10 heteroatoms. The van der Waals surface area contributed by atoms with Gasteiger partial charge in [0.2, 0.25) is 5.82 Å². The zero-order valence-electron chi connectivity index (χ0n) is 20.8. The first-order chi connectivity index (χ1) is 18.8. The third-order valence-electron chi connectivity index (χ3n) is 5.96. The number of amides is 1. The standard InChI is InChI=1S/C29H23F3N4O2S/c1-19-7-13-24(14-8-19)36-26(25-6-3-15-38-25)34-35-28(36)39-18-20-9-11-22(12-10-20)27(37)33-17-21-4-2-5-23(16-21)29(30,31)32/h2-16H,17-18H2,1H3,(H,33,37). The van der Waals surface area contributed by atoms with Crippen LogP contribution in [0.3, 0.4) is 0 Å². The number of furan rings is 1. The van der Waals surface area contributed by atoms with E-state index in [2.05, 4.69) is 15.5 Å². The highest BCUT2D eigenvalue weighted by atomic mass is 32.2. The summed E-state index contributed by atoms with van der Waals surface area (Å²) in [6.07, 6.45) is -2.84. The van der Waals surface area contributed by atoms with Gasteiger partial charge in [-0.05, 0) is 66.6 Å². The molecule has 1 N–H and O–H groups in total. The largest absolute Gasteiger partial charge is 0.461 e. The molecule has 0 atom stereocenters. The number of carbonyl (C=O) groups excluding carboxylic acids is 1. The summed E-state index contributed by atoms with van der Waals surface area (Å²) in [6.45, 7) is 2.02. The molecule has 0 saturated heterocycles. The molecule has 0 saturated carbocycles. The van der Waals surface area contributed by atoms with Crippen LogP contribution in [0.1, 0.15) is 32.6 Å². The molecule has 0 spiro atoms. The van der Waals surface area contributed by atoms with E-state index >= 15 is 0 Å². The van der Waals surface area contributed by atoms with Crippen molar-refractivity contribution in [2.24, 2.45) is 0 Å². The van der Waals surface area contributed by atoms with E-state index in [0.29, 0.717) is 33.6 Å². The summed E-state index contributed by atoms with van der Waals surface area (Å²) in [7, 11) is 0. The fraction of sp³-hybridized carbons (Fsp3) is 0.138. The summed E-state index contributed by atoms with van der Waals surface area (Å²) in [5.74, 6) is 1.41. The van der Waals surface area contributed by atoms with Crippen molar-refractivity contribution < 1.29 is 22.4 Å². The topological polar surface area (TPSA) is 73.0 Å². The molecule has 3 aromatic carbocycles. The summed E-state index contributed by atoms with van der Waals surface area (Å²) in [5, 5.41) is 12.1. The molecule has 6 nitrogen and oxygen atoms in total. The monoisotopic (exact) mass is 548 g/mol. The Bertz CT molecular complexity index is 1560. The molecule has 0 aliphatic rings. The molecule has 0 fully saturated rings. The van der Waals surface area contributed by atoms with Gasteiger partial charge < -0.3 is 9.73 Å². The first-order valence-electron chi connectivity index (χ1n) is 12.0. The van der Waals surface area contributed by atoms with Crippen molar-refractivity contribution in [3.05, 3.63) is 119 Å². The normalized spacial score (nSPS) is 11.5. The van der Waals surface area contributed by atoms with E-state index in [9.17, 15) is 18.0 Å². The third-order valence-corrected chi connectivity index (χ3v) is 6.96. The van der Waals surface area contributed by atoms with E-state index in [4.69, 9.17) is 4.42 Å². The van der Waals surface area contributed by atoms with Crippen LogP contribution in [0.5, 0.6) is 0 Å². The fourth-order valence-electron chi connectivity index (χ4n) is 3.90. The Hall–Kier alpha value is -4.31. The van der Waals surface area contributed by atoms with Gasteiger partial charge in [0.1, 0.15) is 0 Å². The van der Waals surface area contributed by atoms with Crippen LogP contribution >= 0.6 is 11.8 Å². The SMILES string of the molecule is Cc1ccc(-n2c(SCc3ccc(C(=O)NCc4cccc(C(F)(F)F)c4)cc3)nnc2-c2ccco2)cc1. The summed E-state index contributed by atoms with van der Waals surface area (Å²) in [5.41, 5.74) is 3.06. The Morgan fingerprint density at radius 1 is 0.949 bits per heavy atom. The molecule has 5 aromatic rings. The predicted molar refractivity (Wildman–Crippen MR) is 142 cm³/mol. The first kappa shape index (κ1) is 26.3. The second-order valence-electron chi connectivity index (χ2n) is 8.82. The number of rotatable bonds is 8. The van der Waals surface area contributed by atoms with Crippen LogP contribution < -0.4 is 5.32 Å². The highest BCUT2D eigenvalue weighted by Gasteiger charge is 2.30. The van der Waals surface area contributed by atoms with Crippen LogP contribution in [0, 0.1) is 6.92 Å². The highest BCUT2D eigenvalue weighted by molar-refractivity contribution is 7.98. The van der Waals surface area contributed by atoms with Crippen molar-refractivity contribution in [3.8, 4) is 17.3 Å². The molecule has 2 heterocycles. The lowest BCUT2D eigenvalue weighted by molar-refractivity contribution is -0.137. The van der Waals surface area contributed by atoms with E-state index in [1.54, 1.807) is 30.5 Å². The van der Waals surface area contributed by atoms with Gasteiger partial charge in [-0.3, -0.25) is 9.36 Å². The molecular weight excluding hydrogens is 525 g/mol. The van der Waals surface area contributed by atoms with Gasteiger partial charge in [0.15, 0.2) is 10.9 Å². The number of hydrogen-bond donors (Lipinski definition) is 1. The number of aryl methyl sites for hydroxylation is 1. The minimum absolute atomic E-state index is 0.00692. The van der Waals surface area contributed by atoms with E-state index < -0.39 is 11.7 Å².